The van der Waals surface area contributed by atoms with Crippen LogP contribution in [0.15, 0.2) is 0 Å². The Hall–Kier alpha value is 0.320. The van der Waals surface area contributed by atoms with Crippen LogP contribution in [0.3, 0.4) is 0 Å². The average Bonchev–Trinajstić information content (AvgIpc) is 1.58. The van der Waals surface area contributed by atoms with Crippen LogP contribution in [0.4, 0.5) is 0 Å². The van der Waals surface area contributed by atoms with Gasteiger partial charge in [0.15, 0.2) is 3.79 Å². The van der Waals surface area contributed by atoms with Crippen molar-refractivity contribution in [3.63, 3.8) is 0 Å². The molecular formula is C7H17INO2+. The van der Waals surface area contributed by atoms with Gasteiger partial charge in [-0.15, -0.1) is 0 Å². The summed E-state index contributed by atoms with van der Waals surface area (Å²) in [6.07, 6.45) is 0. The van der Waals surface area contributed by atoms with Gasteiger partial charge in [0.2, 0.25) is 0 Å². The van der Waals surface area contributed by atoms with Crippen molar-refractivity contribution < 1.29 is 14.4 Å². The second kappa shape index (κ2) is 7.00. The number of carbonyl (C=O) groups excluding carboxylic acids is 1. The van der Waals surface area contributed by atoms with Gasteiger partial charge >= 0.3 is 0 Å². The minimum absolute atomic E-state index is 0.137. The maximum Gasteiger partial charge on any atom is 0.189 e. The van der Waals surface area contributed by atoms with E-state index in [2.05, 4.69) is 21.1 Å². The number of hydrogen-bond donors (Lipinski definition) is 1. The molecule has 0 unspecified atom stereocenters. The highest BCUT2D eigenvalue weighted by molar-refractivity contribution is 14.1. The summed E-state index contributed by atoms with van der Waals surface area (Å²) < 4.78 is 0.980. The van der Waals surface area contributed by atoms with E-state index in [0.717, 1.165) is 11.0 Å². The van der Waals surface area contributed by atoms with E-state index in [1.165, 1.54) is 6.92 Å². The fraction of sp³-hybridized carbons (Fsp3) is 0.857. The highest BCUT2D eigenvalue weighted by Crippen LogP contribution is 1.84. The van der Waals surface area contributed by atoms with Gasteiger partial charge in [-0.1, -0.05) is 0 Å². The molecule has 0 aliphatic heterocycles. The number of hydrogen-bond acceptors (Lipinski definition) is 2. The fourth-order valence-electron chi connectivity index (χ4n) is 0.300. The first kappa shape index (κ1) is 13.9. The molecule has 0 saturated heterocycles. The monoisotopic (exact) mass is 274 g/mol. The van der Waals surface area contributed by atoms with E-state index in [4.69, 9.17) is 5.11 Å². The van der Waals surface area contributed by atoms with Crippen molar-refractivity contribution in [3.8, 4) is 0 Å². The molecule has 0 aromatic carbocycles. The van der Waals surface area contributed by atoms with E-state index in [-0.39, 0.29) is 10.4 Å². The van der Waals surface area contributed by atoms with Crippen LogP contribution in [0.2, 0.25) is 0 Å². The van der Waals surface area contributed by atoms with E-state index in [9.17, 15) is 4.79 Å². The van der Waals surface area contributed by atoms with E-state index < -0.39 is 0 Å². The van der Waals surface area contributed by atoms with E-state index >= 15 is 0 Å². The van der Waals surface area contributed by atoms with Gasteiger partial charge in [0.05, 0.1) is 27.7 Å². The number of likely N-dealkylation sites (N-methyl/N-ethyl adjacent to an activating group) is 1. The van der Waals surface area contributed by atoms with E-state index in [1.54, 1.807) is 22.6 Å². The van der Waals surface area contributed by atoms with Gasteiger partial charge in [0.25, 0.3) is 0 Å². The third-order valence-corrected chi connectivity index (χ3v) is 0.771. The third-order valence-electron chi connectivity index (χ3n) is 0.771. The maximum absolute atomic E-state index is 9.43. The molecule has 0 radical (unpaired) electrons. The highest BCUT2D eigenvalue weighted by atomic mass is 127. The molecule has 0 atom stereocenters. The molecule has 0 fully saturated rings. The standard InChI is InChI=1S/C5H14NO.C2H3IO/c1-6(2,3)4-5-7;1-2(3)4/h7H,4-5H2,1-3H3;1H3/q+1;. The molecule has 0 spiro atoms. The van der Waals surface area contributed by atoms with Crippen LogP contribution in [0.1, 0.15) is 6.92 Å². The summed E-state index contributed by atoms with van der Waals surface area (Å²) in [5, 5.41) is 8.39. The average molecular weight is 274 g/mol. The van der Waals surface area contributed by atoms with Crippen molar-refractivity contribution in [1.29, 1.82) is 0 Å². The molecule has 0 aromatic rings. The van der Waals surface area contributed by atoms with Gasteiger partial charge in [0.1, 0.15) is 6.54 Å². The summed E-state index contributed by atoms with van der Waals surface area (Å²) in [4.78, 5) is 9.43. The number of quaternary nitrogens is 1. The molecule has 0 aliphatic carbocycles. The zero-order chi connectivity index (χ0) is 9.49. The number of rotatable bonds is 2. The molecule has 0 aromatic heterocycles. The van der Waals surface area contributed by atoms with Crippen LogP contribution in [-0.4, -0.2) is 47.7 Å². The zero-order valence-corrected chi connectivity index (χ0v) is 9.75. The van der Waals surface area contributed by atoms with Crippen molar-refractivity contribution in [2.75, 3.05) is 34.3 Å². The molecule has 1 N–H and O–H groups in total. The molecule has 0 rings (SSSR count). The summed E-state index contributed by atoms with van der Waals surface area (Å²) in [6, 6.07) is 0. The molecule has 0 heterocycles. The summed E-state index contributed by atoms with van der Waals surface area (Å²) in [7, 11) is 6.16. The number of carbonyl (C=O) groups is 1. The van der Waals surface area contributed by atoms with Crippen LogP contribution in [0.5, 0.6) is 0 Å². The quantitative estimate of drug-likeness (QED) is 0.456. The predicted molar refractivity (Wildman–Crippen MR) is 54.7 cm³/mol. The topological polar surface area (TPSA) is 37.3 Å². The van der Waals surface area contributed by atoms with Gasteiger partial charge in [-0.05, 0) is 22.6 Å². The molecule has 3 nitrogen and oxygen atoms in total. The first-order chi connectivity index (χ1) is 4.79. The largest absolute Gasteiger partial charge is 0.391 e. The molecule has 0 aliphatic rings. The maximum atomic E-state index is 9.43. The first-order valence-electron chi connectivity index (χ1n) is 3.37. The lowest BCUT2D eigenvalue weighted by Crippen LogP contribution is -2.36. The Balaban J connectivity index is 0. The van der Waals surface area contributed by atoms with Gasteiger partial charge in [0, 0.05) is 6.92 Å². The summed E-state index contributed by atoms with van der Waals surface area (Å²) in [5.74, 6) is 0. The number of halogens is 1. The molecule has 0 bridgehead atoms. The summed E-state index contributed by atoms with van der Waals surface area (Å²) in [6.45, 7) is 2.63. The first-order valence-corrected chi connectivity index (χ1v) is 4.45. The normalized spacial score (nSPS) is 10.0. The van der Waals surface area contributed by atoms with Crippen molar-refractivity contribution in [1.82, 2.24) is 0 Å². The van der Waals surface area contributed by atoms with Crippen molar-refractivity contribution in [3.05, 3.63) is 0 Å². The molecule has 0 amide bonds. The summed E-state index contributed by atoms with van der Waals surface area (Å²) >= 11 is 1.70. The number of nitrogens with zero attached hydrogens (tertiary/aromatic N) is 1. The lowest BCUT2D eigenvalue weighted by molar-refractivity contribution is -0.870. The molecule has 0 saturated carbocycles. The molecule has 4 heteroatoms. The Morgan fingerprint density at radius 3 is 1.73 bits per heavy atom. The fourth-order valence-corrected chi connectivity index (χ4v) is 0.300. The Labute approximate surface area is 82.1 Å². The lowest BCUT2D eigenvalue weighted by atomic mass is 10.5. The van der Waals surface area contributed by atoms with Gasteiger partial charge < -0.3 is 9.59 Å². The highest BCUT2D eigenvalue weighted by Gasteiger charge is 2.02. The molecule has 11 heavy (non-hydrogen) atoms. The van der Waals surface area contributed by atoms with Crippen LogP contribution in [-0.2, 0) is 4.79 Å². The predicted octanol–water partition coefficient (Wildman–Crippen LogP) is 0.653. The van der Waals surface area contributed by atoms with Crippen LogP contribution < -0.4 is 0 Å². The second-order valence-corrected chi connectivity index (χ2v) is 4.73. The molecule has 68 valence electrons. The van der Waals surface area contributed by atoms with Crippen LogP contribution in [0, 0.1) is 0 Å². The third kappa shape index (κ3) is 38.3. The van der Waals surface area contributed by atoms with Crippen molar-refractivity contribution >= 4 is 26.4 Å². The van der Waals surface area contributed by atoms with Crippen LogP contribution >= 0.6 is 22.6 Å². The smallest absolute Gasteiger partial charge is 0.189 e. The Kier molecular flexibility index (Phi) is 8.83. The molecular weight excluding hydrogens is 257 g/mol. The Morgan fingerprint density at radius 2 is 1.73 bits per heavy atom. The van der Waals surface area contributed by atoms with Gasteiger partial charge in [-0.2, -0.15) is 0 Å². The minimum atomic E-state index is 0.137. The van der Waals surface area contributed by atoms with Crippen LogP contribution in [0.25, 0.3) is 0 Å². The minimum Gasteiger partial charge on any atom is -0.391 e. The van der Waals surface area contributed by atoms with Gasteiger partial charge in [-0.3, -0.25) is 4.79 Å². The van der Waals surface area contributed by atoms with E-state index in [1.807, 2.05) is 0 Å². The number of aliphatic hydroxyl groups is 1. The van der Waals surface area contributed by atoms with Gasteiger partial charge in [-0.25, -0.2) is 0 Å². The van der Waals surface area contributed by atoms with Crippen molar-refractivity contribution in [2.45, 2.75) is 6.92 Å². The second-order valence-electron chi connectivity index (χ2n) is 3.21. The van der Waals surface area contributed by atoms with Crippen molar-refractivity contribution in [2.24, 2.45) is 0 Å². The lowest BCUT2D eigenvalue weighted by Gasteiger charge is -2.21. The summed E-state index contributed by atoms with van der Waals surface area (Å²) in [5.41, 5.74) is 0. The Bertz CT molecular complexity index is 105. The Morgan fingerprint density at radius 1 is 1.45 bits per heavy atom. The van der Waals surface area contributed by atoms with E-state index in [0.29, 0.717) is 0 Å². The zero-order valence-electron chi connectivity index (χ0n) is 7.59. The number of aliphatic hydroxyl groups excluding tert-OH is 1. The SMILES string of the molecule is CC(=O)I.C[N+](C)(C)CCO.